The molecule has 0 spiro atoms. The van der Waals surface area contributed by atoms with Gasteiger partial charge in [-0.2, -0.15) is 4.31 Å². The number of fused-ring (bicyclic) bond motifs is 1. The molecule has 0 atom stereocenters. The number of sulfonamides is 1. The summed E-state index contributed by atoms with van der Waals surface area (Å²) in [6.07, 6.45) is 1.92. The lowest BCUT2D eigenvalue weighted by atomic mass is 9.96. The van der Waals surface area contributed by atoms with Crippen LogP contribution in [0.1, 0.15) is 70.4 Å². The minimum absolute atomic E-state index is 0.150. The van der Waals surface area contributed by atoms with E-state index in [4.69, 9.17) is 0 Å². The van der Waals surface area contributed by atoms with E-state index >= 15 is 0 Å². The van der Waals surface area contributed by atoms with Crippen LogP contribution in [0.4, 0.5) is 0 Å². The topological polar surface area (TPSA) is 57.7 Å². The summed E-state index contributed by atoms with van der Waals surface area (Å²) in [7, 11) is -3.60. The zero-order valence-electron chi connectivity index (χ0n) is 23.3. The Kier molecular flexibility index (Phi) is 8.86. The second-order valence-corrected chi connectivity index (χ2v) is 12.8. The Morgan fingerprint density at radius 2 is 1.63 bits per heavy atom. The van der Waals surface area contributed by atoms with Crippen LogP contribution in [-0.4, -0.2) is 42.5 Å². The van der Waals surface area contributed by atoms with Crippen molar-refractivity contribution in [3.8, 4) is 0 Å². The first-order valence-electron chi connectivity index (χ1n) is 13.6. The van der Waals surface area contributed by atoms with Gasteiger partial charge in [0.25, 0.3) is 0 Å². The van der Waals surface area contributed by atoms with E-state index in [-0.39, 0.29) is 5.78 Å². The molecule has 0 N–H and O–H groups in total. The lowest BCUT2D eigenvalue weighted by molar-refractivity contribution is 0.0970. The van der Waals surface area contributed by atoms with E-state index in [0.717, 1.165) is 52.9 Å². The molecule has 6 heteroatoms. The Bertz CT molecular complexity index is 1370. The van der Waals surface area contributed by atoms with Gasteiger partial charge >= 0.3 is 0 Å². The Labute approximate surface area is 228 Å². The van der Waals surface area contributed by atoms with Crippen molar-refractivity contribution in [2.45, 2.75) is 77.9 Å². The zero-order chi connectivity index (χ0) is 27.4. The molecule has 3 aromatic rings. The Balaban J connectivity index is 1.39. The van der Waals surface area contributed by atoms with Gasteiger partial charge in [-0.3, -0.25) is 9.69 Å². The number of carbonyl (C=O) groups excluding carboxylic acids is 1. The lowest BCUT2D eigenvalue weighted by Gasteiger charge is -2.29. The summed E-state index contributed by atoms with van der Waals surface area (Å²) in [5, 5.41) is 0. The van der Waals surface area contributed by atoms with Gasteiger partial charge < -0.3 is 0 Å². The molecule has 0 unspecified atom stereocenters. The first-order valence-corrected chi connectivity index (χ1v) is 15.0. The van der Waals surface area contributed by atoms with Gasteiger partial charge in [0.1, 0.15) is 0 Å². The summed E-state index contributed by atoms with van der Waals surface area (Å²) in [5.41, 5.74) is 6.70. The quantitative estimate of drug-likeness (QED) is 0.290. The van der Waals surface area contributed by atoms with Crippen molar-refractivity contribution in [2.24, 2.45) is 0 Å². The molecule has 1 aliphatic rings. The molecule has 0 aliphatic carbocycles. The molecule has 3 aromatic carbocycles. The van der Waals surface area contributed by atoms with E-state index in [9.17, 15) is 13.2 Å². The van der Waals surface area contributed by atoms with Crippen LogP contribution in [0, 0.1) is 20.8 Å². The highest BCUT2D eigenvalue weighted by Crippen LogP contribution is 2.30. The first kappa shape index (κ1) is 28.2. The molecule has 0 aromatic heterocycles. The molecule has 0 radical (unpaired) electrons. The van der Waals surface area contributed by atoms with E-state index in [1.165, 1.54) is 5.56 Å². The summed E-state index contributed by atoms with van der Waals surface area (Å²) in [6.45, 7) is 12.6. The molecule has 0 bridgehead atoms. The third kappa shape index (κ3) is 6.42. The van der Waals surface area contributed by atoms with Gasteiger partial charge in [0, 0.05) is 37.7 Å². The summed E-state index contributed by atoms with van der Waals surface area (Å²) in [4.78, 5) is 15.8. The average Bonchev–Trinajstić information content (AvgIpc) is 2.87. The highest BCUT2D eigenvalue weighted by molar-refractivity contribution is 7.89. The van der Waals surface area contributed by atoms with Crippen molar-refractivity contribution in [1.82, 2.24) is 9.21 Å². The maximum absolute atomic E-state index is 13.5. The third-order valence-corrected chi connectivity index (χ3v) is 9.67. The molecule has 1 heterocycles. The van der Waals surface area contributed by atoms with Crippen molar-refractivity contribution >= 4 is 15.8 Å². The number of hydrogen-bond donors (Lipinski definition) is 0. The molecule has 0 saturated heterocycles. The predicted octanol–water partition coefficient (Wildman–Crippen LogP) is 6.23. The molecule has 202 valence electrons. The monoisotopic (exact) mass is 532 g/mol. The number of benzene rings is 3. The maximum Gasteiger partial charge on any atom is 0.243 e. The van der Waals surface area contributed by atoms with Crippen LogP contribution in [-0.2, 0) is 29.5 Å². The van der Waals surface area contributed by atoms with E-state index in [1.807, 2.05) is 57.2 Å². The van der Waals surface area contributed by atoms with Crippen LogP contribution in [0.15, 0.2) is 65.6 Å². The van der Waals surface area contributed by atoms with Gasteiger partial charge in [-0.15, -0.1) is 0 Å². The van der Waals surface area contributed by atoms with Crippen LogP contribution in [0.5, 0.6) is 0 Å². The standard InChI is InChI=1S/C32H40N2O3S/c1-23(2)33(21-27-10-7-6-8-11-27)16-9-12-31(35)29-13-14-30-22-34(17-15-28(30)20-29)38(36,37)32-25(4)18-24(3)19-26(32)5/h6-8,10-11,13-14,18-20,23H,9,12,15-17,21-22H2,1-5H3. The first-order chi connectivity index (χ1) is 18.1. The van der Waals surface area contributed by atoms with Crippen LogP contribution < -0.4 is 0 Å². The lowest BCUT2D eigenvalue weighted by Crippen LogP contribution is -2.36. The number of carbonyl (C=O) groups is 1. The minimum Gasteiger partial charge on any atom is -0.297 e. The Morgan fingerprint density at radius 1 is 0.947 bits per heavy atom. The minimum atomic E-state index is -3.60. The van der Waals surface area contributed by atoms with E-state index in [2.05, 4.69) is 43.0 Å². The van der Waals surface area contributed by atoms with Gasteiger partial charge in [0.15, 0.2) is 5.78 Å². The third-order valence-electron chi connectivity index (χ3n) is 7.52. The summed E-state index contributed by atoms with van der Waals surface area (Å²) in [6, 6.07) is 20.5. The largest absolute Gasteiger partial charge is 0.297 e. The molecule has 5 nitrogen and oxygen atoms in total. The molecule has 0 fully saturated rings. The van der Waals surface area contributed by atoms with Crippen LogP contribution in [0.2, 0.25) is 0 Å². The summed E-state index contributed by atoms with van der Waals surface area (Å²) < 4.78 is 28.6. The van der Waals surface area contributed by atoms with E-state index < -0.39 is 10.0 Å². The molecule has 0 saturated carbocycles. The van der Waals surface area contributed by atoms with Gasteiger partial charge in [-0.05, 0) is 87.9 Å². The van der Waals surface area contributed by atoms with Crippen LogP contribution in [0.3, 0.4) is 0 Å². The van der Waals surface area contributed by atoms with Crippen molar-refractivity contribution < 1.29 is 13.2 Å². The van der Waals surface area contributed by atoms with E-state index in [0.29, 0.717) is 36.9 Å². The fourth-order valence-corrected chi connectivity index (χ4v) is 7.36. The Morgan fingerprint density at radius 3 is 2.29 bits per heavy atom. The molecular weight excluding hydrogens is 492 g/mol. The predicted molar refractivity (Wildman–Crippen MR) is 154 cm³/mol. The molecule has 4 rings (SSSR count). The number of ketones is 1. The number of hydrogen-bond acceptors (Lipinski definition) is 4. The highest BCUT2D eigenvalue weighted by Gasteiger charge is 2.31. The number of aryl methyl sites for hydroxylation is 3. The average molecular weight is 533 g/mol. The van der Waals surface area contributed by atoms with Gasteiger partial charge in [0.2, 0.25) is 10.0 Å². The smallest absolute Gasteiger partial charge is 0.243 e. The fourth-order valence-electron chi connectivity index (χ4n) is 5.53. The van der Waals surface area contributed by atoms with Gasteiger partial charge in [-0.25, -0.2) is 8.42 Å². The maximum atomic E-state index is 13.5. The molecule has 1 aliphatic heterocycles. The SMILES string of the molecule is Cc1cc(C)c(S(=O)(=O)N2CCc3cc(C(=O)CCCN(Cc4ccccc4)C(C)C)ccc3C2)c(C)c1. The number of rotatable bonds is 10. The van der Waals surface area contributed by atoms with Crippen LogP contribution in [0.25, 0.3) is 0 Å². The second-order valence-electron chi connectivity index (χ2n) is 10.9. The summed E-state index contributed by atoms with van der Waals surface area (Å²) >= 11 is 0. The van der Waals surface area contributed by atoms with E-state index in [1.54, 1.807) is 4.31 Å². The molecular formula is C32H40N2O3S. The number of Topliss-reactive ketones (excluding diaryl/α,β-unsaturated/α-hetero) is 1. The van der Waals surface area contributed by atoms with Crippen molar-refractivity contribution in [2.75, 3.05) is 13.1 Å². The normalized spacial score (nSPS) is 14.2. The second kappa shape index (κ2) is 11.9. The van der Waals surface area contributed by atoms with Gasteiger partial charge in [0.05, 0.1) is 4.90 Å². The number of nitrogens with zero attached hydrogens (tertiary/aromatic N) is 2. The zero-order valence-corrected chi connectivity index (χ0v) is 24.1. The summed E-state index contributed by atoms with van der Waals surface area (Å²) in [5.74, 6) is 0.150. The van der Waals surface area contributed by atoms with Crippen molar-refractivity contribution in [3.63, 3.8) is 0 Å². The van der Waals surface area contributed by atoms with Crippen molar-refractivity contribution in [1.29, 1.82) is 0 Å². The fraction of sp³-hybridized carbons (Fsp3) is 0.406. The highest BCUT2D eigenvalue weighted by atomic mass is 32.2. The Hall–Kier alpha value is -2.80. The molecule has 38 heavy (non-hydrogen) atoms. The van der Waals surface area contributed by atoms with Crippen LogP contribution >= 0.6 is 0 Å². The molecule has 0 amide bonds. The van der Waals surface area contributed by atoms with Crippen molar-refractivity contribution in [3.05, 3.63) is 99.6 Å². The van der Waals surface area contributed by atoms with Gasteiger partial charge in [-0.1, -0.05) is 60.2 Å².